The number of aromatic nitrogens is 7. The van der Waals surface area contributed by atoms with Crippen molar-refractivity contribution in [2.24, 2.45) is 0 Å². The topological polar surface area (TPSA) is 120 Å². The SMILES string of the molecule is CCOC(=O)c1cnn2c(=O)c(C3CC3)cn(Cc3ccc(-c4ccccc4-c4nn[nH]n4)cc3)c12. The van der Waals surface area contributed by atoms with Crippen molar-refractivity contribution < 1.29 is 9.53 Å². The van der Waals surface area contributed by atoms with E-state index in [1.807, 2.05) is 59.3 Å². The monoisotopic (exact) mass is 481 g/mol. The molecule has 1 saturated carbocycles. The zero-order valence-electron chi connectivity index (χ0n) is 19.6. The number of nitrogens with one attached hydrogen (secondary N) is 1. The van der Waals surface area contributed by atoms with Gasteiger partial charge in [0.1, 0.15) is 5.56 Å². The summed E-state index contributed by atoms with van der Waals surface area (Å²) in [6.45, 7) is 2.46. The molecule has 0 bridgehead atoms. The van der Waals surface area contributed by atoms with Crippen molar-refractivity contribution in [1.82, 2.24) is 34.8 Å². The highest BCUT2D eigenvalue weighted by atomic mass is 16.5. The molecule has 1 aliphatic rings. The van der Waals surface area contributed by atoms with Crippen molar-refractivity contribution in [2.75, 3.05) is 6.61 Å². The van der Waals surface area contributed by atoms with E-state index in [0.717, 1.165) is 40.7 Å². The zero-order chi connectivity index (χ0) is 24.6. The lowest BCUT2D eigenvalue weighted by atomic mass is 9.98. The Kier molecular flexibility index (Phi) is 5.40. The number of tetrazole rings is 1. The van der Waals surface area contributed by atoms with Crippen LogP contribution >= 0.6 is 0 Å². The number of hydrogen-bond donors (Lipinski definition) is 1. The van der Waals surface area contributed by atoms with E-state index < -0.39 is 5.97 Å². The molecule has 0 spiro atoms. The highest BCUT2D eigenvalue weighted by molar-refractivity contribution is 5.95. The Bertz CT molecular complexity index is 1610. The van der Waals surface area contributed by atoms with E-state index >= 15 is 0 Å². The van der Waals surface area contributed by atoms with Gasteiger partial charge in [-0.15, -0.1) is 10.2 Å². The van der Waals surface area contributed by atoms with Crippen LogP contribution in [0.15, 0.2) is 65.7 Å². The summed E-state index contributed by atoms with van der Waals surface area (Å²) in [5.74, 6) is 0.283. The summed E-state index contributed by atoms with van der Waals surface area (Å²) in [5, 5.41) is 18.7. The first-order chi connectivity index (χ1) is 17.6. The van der Waals surface area contributed by atoms with Gasteiger partial charge < -0.3 is 9.30 Å². The number of aromatic amines is 1. The van der Waals surface area contributed by atoms with Crippen molar-refractivity contribution >= 4 is 11.6 Å². The summed E-state index contributed by atoms with van der Waals surface area (Å²) < 4.78 is 8.47. The molecule has 0 amide bonds. The number of carbonyl (C=O) groups excluding carboxylic acids is 1. The number of benzene rings is 2. The molecule has 1 N–H and O–H groups in total. The number of hydrogen-bond acceptors (Lipinski definition) is 7. The largest absolute Gasteiger partial charge is 0.462 e. The normalized spacial score (nSPS) is 13.2. The standard InChI is InChI=1S/C26H23N7O3/c1-2-36-26(35)21-13-27-33-24(21)32(15-22(25(33)34)18-11-12-18)14-16-7-9-17(10-8-16)19-5-3-4-6-20(19)23-28-30-31-29-23/h3-10,13,15,18H,2,11-12,14H2,1H3,(H,28,29,30,31). The fraction of sp³-hybridized carbons (Fsp3) is 0.231. The summed E-state index contributed by atoms with van der Waals surface area (Å²) in [4.78, 5) is 25.6. The Morgan fingerprint density at radius 3 is 2.58 bits per heavy atom. The minimum atomic E-state index is -0.492. The lowest BCUT2D eigenvalue weighted by Crippen LogP contribution is -2.23. The molecule has 5 aromatic rings. The van der Waals surface area contributed by atoms with Gasteiger partial charge in [0.25, 0.3) is 5.56 Å². The van der Waals surface area contributed by atoms with E-state index in [1.165, 1.54) is 10.7 Å². The predicted molar refractivity (Wildman–Crippen MR) is 132 cm³/mol. The lowest BCUT2D eigenvalue weighted by Gasteiger charge is -2.14. The lowest BCUT2D eigenvalue weighted by molar-refractivity contribution is 0.0528. The second-order valence-corrected chi connectivity index (χ2v) is 8.78. The Balaban J connectivity index is 1.39. The molecule has 6 rings (SSSR count). The highest BCUT2D eigenvalue weighted by Gasteiger charge is 2.29. The minimum Gasteiger partial charge on any atom is -0.462 e. The van der Waals surface area contributed by atoms with Crippen molar-refractivity contribution in [3.63, 3.8) is 0 Å². The molecule has 3 heterocycles. The zero-order valence-corrected chi connectivity index (χ0v) is 19.6. The Hall–Kier alpha value is -4.60. The maximum atomic E-state index is 13.1. The first-order valence-corrected chi connectivity index (χ1v) is 11.8. The summed E-state index contributed by atoms with van der Waals surface area (Å²) in [5.41, 5.74) is 5.18. The van der Waals surface area contributed by atoms with Gasteiger partial charge >= 0.3 is 5.97 Å². The van der Waals surface area contributed by atoms with E-state index in [-0.39, 0.29) is 23.6 Å². The number of carbonyl (C=O) groups is 1. The summed E-state index contributed by atoms with van der Waals surface area (Å²) in [6, 6.07) is 16.0. The van der Waals surface area contributed by atoms with Crippen LogP contribution in [0.2, 0.25) is 0 Å². The second kappa shape index (κ2) is 8.88. The number of ether oxygens (including phenoxy) is 1. The van der Waals surface area contributed by atoms with Crippen LogP contribution in [0.5, 0.6) is 0 Å². The van der Waals surface area contributed by atoms with Crippen LogP contribution in [0, 0.1) is 0 Å². The molecule has 0 saturated heterocycles. The third kappa shape index (κ3) is 3.86. The molecule has 1 aliphatic carbocycles. The fourth-order valence-corrected chi connectivity index (χ4v) is 4.51. The molecule has 0 radical (unpaired) electrons. The van der Waals surface area contributed by atoms with Crippen LogP contribution in [0.1, 0.15) is 47.2 Å². The first kappa shape index (κ1) is 21.9. The average Bonchev–Trinajstić information content (AvgIpc) is 3.39. The maximum absolute atomic E-state index is 13.1. The molecule has 1 fully saturated rings. The smallest absolute Gasteiger partial charge is 0.343 e. The molecular weight excluding hydrogens is 458 g/mol. The summed E-state index contributed by atoms with van der Waals surface area (Å²) in [7, 11) is 0. The van der Waals surface area contributed by atoms with Gasteiger partial charge in [0.15, 0.2) is 5.65 Å². The molecule has 0 unspecified atom stereocenters. The van der Waals surface area contributed by atoms with Crippen LogP contribution in [-0.4, -0.2) is 47.4 Å². The predicted octanol–water partition coefficient (Wildman–Crippen LogP) is 3.45. The molecule has 10 heteroatoms. The number of nitrogens with zero attached hydrogens (tertiary/aromatic N) is 6. The van der Waals surface area contributed by atoms with Gasteiger partial charge in [0.05, 0.1) is 12.8 Å². The minimum absolute atomic E-state index is 0.173. The van der Waals surface area contributed by atoms with E-state index in [2.05, 4.69) is 25.7 Å². The maximum Gasteiger partial charge on any atom is 0.343 e. The van der Waals surface area contributed by atoms with E-state index in [4.69, 9.17) is 4.74 Å². The third-order valence-corrected chi connectivity index (χ3v) is 6.39. The van der Waals surface area contributed by atoms with E-state index in [1.54, 1.807) is 6.92 Å². The molecule has 10 nitrogen and oxygen atoms in total. The van der Waals surface area contributed by atoms with Gasteiger partial charge in [-0.2, -0.15) is 14.8 Å². The number of fused-ring (bicyclic) bond motifs is 1. The molecule has 180 valence electrons. The number of H-pyrrole nitrogens is 1. The van der Waals surface area contributed by atoms with Gasteiger partial charge in [-0.3, -0.25) is 4.79 Å². The molecule has 0 atom stereocenters. The van der Waals surface area contributed by atoms with Crippen LogP contribution in [0.3, 0.4) is 0 Å². The quantitative estimate of drug-likeness (QED) is 0.354. The van der Waals surface area contributed by atoms with Gasteiger partial charge in [-0.05, 0) is 47.6 Å². The van der Waals surface area contributed by atoms with Gasteiger partial charge in [0.2, 0.25) is 5.82 Å². The van der Waals surface area contributed by atoms with Crippen molar-refractivity contribution in [2.45, 2.75) is 32.2 Å². The Morgan fingerprint density at radius 1 is 1.11 bits per heavy atom. The van der Waals surface area contributed by atoms with Gasteiger partial charge in [0, 0.05) is 23.9 Å². The fourth-order valence-electron chi connectivity index (χ4n) is 4.51. The van der Waals surface area contributed by atoms with Gasteiger partial charge in [-0.25, -0.2) is 4.79 Å². The van der Waals surface area contributed by atoms with Gasteiger partial charge in [-0.1, -0.05) is 48.5 Å². The molecule has 3 aromatic heterocycles. The first-order valence-electron chi connectivity index (χ1n) is 11.8. The summed E-state index contributed by atoms with van der Waals surface area (Å²) >= 11 is 0. The molecule has 2 aromatic carbocycles. The van der Waals surface area contributed by atoms with Crippen LogP contribution < -0.4 is 5.56 Å². The van der Waals surface area contributed by atoms with Crippen molar-refractivity contribution in [1.29, 1.82) is 0 Å². The Labute approximate surface area is 205 Å². The number of esters is 1. The van der Waals surface area contributed by atoms with Crippen molar-refractivity contribution in [3.05, 3.63) is 88.0 Å². The van der Waals surface area contributed by atoms with Crippen LogP contribution in [0.25, 0.3) is 28.2 Å². The Morgan fingerprint density at radius 2 is 1.89 bits per heavy atom. The number of rotatable bonds is 7. The molecular formula is C26H23N7O3. The average molecular weight is 482 g/mol. The highest BCUT2D eigenvalue weighted by Crippen LogP contribution is 2.38. The summed E-state index contributed by atoms with van der Waals surface area (Å²) in [6.07, 6.45) is 5.27. The third-order valence-electron chi connectivity index (χ3n) is 6.39. The van der Waals surface area contributed by atoms with Crippen LogP contribution in [-0.2, 0) is 11.3 Å². The van der Waals surface area contributed by atoms with Crippen molar-refractivity contribution in [3.8, 4) is 22.5 Å². The molecule has 36 heavy (non-hydrogen) atoms. The molecule has 0 aliphatic heterocycles. The van der Waals surface area contributed by atoms with E-state index in [9.17, 15) is 9.59 Å². The van der Waals surface area contributed by atoms with Crippen LogP contribution in [0.4, 0.5) is 0 Å². The second-order valence-electron chi connectivity index (χ2n) is 8.78. The van der Waals surface area contributed by atoms with E-state index in [0.29, 0.717) is 18.0 Å².